The molecule has 0 aromatic carbocycles. The number of pyridine rings is 2. The molecule has 1 aliphatic heterocycles. The summed E-state index contributed by atoms with van der Waals surface area (Å²) in [7, 11) is 1.71. The zero-order valence-corrected chi connectivity index (χ0v) is 15.9. The molecular weight excluding hydrogens is 356 g/mol. The van der Waals surface area contributed by atoms with Crippen LogP contribution < -0.4 is 10.2 Å². The normalized spacial score (nSPS) is 19.1. The van der Waals surface area contributed by atoms with Gasteiger partial charge in [-0.15, -0.1) is 0 Å². The van der Waals surface area contributed by atoms with Gasteiger partial charge in [0.05, 0.1) is 29.4 Å². The number of anilines is 1. The largest absolute Gasteiger partial charge is 0.380 e. The van der Waals surface area contributed by atoms with Crippen LogP contribution in [-0.4, -0.2) is 58.2 Å². The molecule has 0 spiro atoms. The highest BCUT2D eigenvalue weighted by atomic mass is 16.5. The Labute approximate surface area is 163 Å². The predicted molar refractivity (Wildman–Crippen MR) is 105 cm³/mol. The molecule has 1 fully saturated rings. The third kappa shape index (κ3) is 3.77. The highest BCUT2D eigenvalue weighted by Crippen LogP contribution is 2.25. The van der Waals surface area contributed by atoms with E-state index in [4.69, 9.17) is 4.74 Å². The fraction of sp³-hybridized carbons (Fsp3) is 0.350. The fourth-order valence-corrected chi connectivity index (χ4v) is 3.52. The van der Waals surface area contributed by atoms with Crippen LogP contribution in [0.15, 0.2) is 43.1 Å². The number of nitrogens with zero attached hydrogens (tertiary/aromatic N) is 5. The number of amides is 1. The van der Waals surface area contributed by atoms with Crippen molar-refractivity contribution in [3.63, 3.8) is 0 Å². The van der Waals surface area contributed by atoms with Gasteiger partial charge in [0.2, 0.25) is 0 Å². The van der Waals surface area contributed by atoms with Gasteiger partial charge < -0.3 is 15.0 Å². The number of nitrogens with one attached hydrogen (secondary N) is 1. The summed E-state index contributed by atoms with van der Waals surface area (Å²) in [5.74, 6) is 0.706. The Bertz CT molecular complexity index is 995. The van der Waals surface area contributed by atoms with Crippen LogP contribution in [-0.2, 0) is 4.74 Å². The molecule has 8 nitrogen and oxygen atoms in total. The molecule has 8 heteroatoms. The van der Waals surface area contributed by atoms with Crippen LogP contribution in [0.1, 0.15) is 22.5 Å². The Hall–Kier alpha value is -3.13. The average molecular weight is 378 g/mol. The molecule has 0 aliphatic carbocycles. The van der Waals surface area contributed by atoms with Crippen LogP contribution in [0.5, 0.6) is 0 Å². The first-order chi connectivity index (χ1) is 13.6. The molecule has 144 valence electrons. The first-order valence-corrected chi connectivity index (χ1v) is 9.20. The first kappa shape index (κ1) is 18.2. The number of carbonyl (C=O) groups excluding carboxylic acids is 1. The topological polar surface area (TPSA) is 93.1 Å². The highest BCUT2D eigenvalue weighted by molar-refractivity contribution is 5.97. The summed E-state index contributed by atoms with van der Waals surface area (Å²) in [4.78, 5) is 31.7. The zero-order chi connectivity index (χ0) is 19.5. The maximum absolute atomic E-state index is 12.7. The van der Waals surface area contributed by atoms with Gasteiger partial charge in [-0.25, -0.2) is 9.97 Å². The van der Waals surface area contributed by atoms with Crippen LogP contribution in [0, 0.1) is 6.92 Å². The molecule has 28 heavy (non-hydrogen) atoms. The van der Waals surface area contributed by atoms with E-state index in [-0.39, 0.29) is 18.1 Å². The van der Waals surface area contributed by atoms with E-state index >= 15 is 0 Å². The third-order valence-electron chi connectivity index (χ3n) is 5.04. The van der Waals surface area contributed by atoms with Gasteiger partial charge in [0, 0.05) is 49.7 Å². The fourth-order valence-electron chi connectivity index (χ4n) is 3.52. The molecule has 4 heterocycles. The van der Waals surface area contributed by atoms with Crippen LogP contribution in [0.25, 0.3) is 10.9 Å². The van der Waals surface area contributed by atoms with Crippen LogP contribution >= 0.6 is 0 Å². The lowest BCUT2D eigenvalue weighted by Gasteiger charge is -2.25. The maximum atomic E-state index is 12.7. The number of methoxy groups -OCH3 is 1. The predicted octanol–water partition coefficient (Wildman–Crippen LogP) is 1.75. The summed E-state index contributed by atoms with van der Waals surface area (Å²) in [5, 5.41) is 3.92. The SMILES string of the molecule is CO[C@H]1C[C@@H](CNC(=O)c2cnc3cnccc3c2)N(c2cc(C)ncn2)C1. The minimum atomic E-state index is -0.147. The lowest BCUT2D eigenvalue weighted by Crippen LogP contribution is -2.40. The van der Waals surface area contributed by atoms with Crippen LogP contribution in [0.4, 0.5) is 5.82 Å². The number of hydrogen-bond acceptors (Lipinski definition) is 7. The Morgan fingerprint density at radius 3 is 3.00 bits per heavy atom. The number of aryl methyl sites for hydroxylation is 1. The van der Waals surface area contributed by atoms with Gasteiger partial charge in [-0.1, -0.05) is 0 Å². The van der Waals surface area contributed by atoms with Crippen molar-refractivity contribution in [2.24, 2.45) is 0 Å². The minimum Gasteiger partial charge on any atom is -0.380 e. The Morgan fingerprint density at radius 2 is 2.18 bits per heavy atom. The number of rotatable bonds is 5. The van der Waals surface area contributed by atoms with E-state index in [0.29, 0.717) is 12.1 Å². The molecule has 3 aromatic heterocycles. The van der Waals surface area contributed by atoms with E-state index in [2.05, 4.69) is 30.2 Å². The highest BCUT2D eigenvalue weighted by Gasteiger charge is 2.33. The Balaban J connectivity index is 1.47. The summed E-state index contributed by atoms with van der Waals surface area (Å²) in [5.41, 5.74) is 2.21. The van der Waals surface area contributed by atoms with Gasteiger partial charge in [-0.3, -0.25) is 14.8 Å². The van der Waals surface area contributed by atoms with Crippen molar-refractivity contribution < 1.29 is 9.53 Å². The molecule has 2 atom stereocenters. The minimum absolute atomic E-state index is 0.0980. The summed E-state index contributed by atoms with van der Waals surface area (Å²) >= 11 is 0. The molecule has 3 aromatic rings. The molecule has 4 rings (SSSR count). The number of aromatic nitrogens is 4. The molecule has 1 N–H and O–H groups in total. The average Bonchev–Trinajstić information content (AvgIpc) is 3.15. The van der Waals surface area contributed by atoms with Crippen molar-refractivity contribution in [2.75, 3.05) is 25.1 Å². The maximum Gasteiger partial charge on any atom is 0.252 e. The van der Waals surface area contributed by atoms with Gasteiger partial charge in [0.25, 0.3) is 5.91 Å². The molecule has 0 unspecified atom stereocenters. The van der Waals surface area contributed by atoms with Gasteiger partial charge >= 0.3 is 0 Å². The first-order valence-electron chi connectivity index (χ1n) is 9.20. The van der Waals surface area contributed by atoms with E-state index in [0.717, 1.165) is 35.4 Å². The van der Waals surface area contributed by atoms with Crippen molar-refractivity contribution in [3.8, 4) is 0 Å². The Morgan fingerprint density at radius 1 is 1.29 bits per heavy atom. The van der Waals surface area contributed by atoms with E-state index in [1.165, 1.54) is 0 Å². The van der Waals surface area contributed by atoms with Crippen molar-refractivity contribution in [1.82, 2.24) is 25.3 Å². The quantitative estimate of drug-likeness (QED) is 0.723. The molecule has 0 saturated carbocycles. The Kier molecular flexibility index (Phi) is 5.12. The van der Waals surface area contributed by atoms with Crippen LogP contribution in [0.3, 0.4) is 0 Å². The van der Waals surface area contributed by atoms with E-state index in [9.17, 15) is 4.79 Å². The van der Waals surface area contributed by atoms with Gasteiger partial charge in [-0.2, -0.15) is 0 Å². The second-order valence-electron chi connectivity index (χ2n) is 6.92. The lowest BCUT2D eigenvalue weighted by atomic mass is 10.1. The number of fused-ring (bicyclic) bond motifs is 1. The van der Waals surface area contributed by atoms with Crippen LogP contribution in [0.2, 0.25) is 0 Å². The second kappa shape index (κ2) is 7.85. The van der Waals surface area contributed by atoms with E-state index < -0.39 is 0 Å². The second-order valence-corrected chi connectivity index (χ2v) is 6.92. The summed E-state index contributed by atoms with van der Waals surface area (Å²) in [6, 6.07) is 5.73. The van der Waals surface area contributed by atoms with Gasteiger partial charge in [-0.05, 0) is 25.5 Å². The van der Waals surface area contributed by atoms with Gasteiger partial charge in [0.1, 0.15) is 12.1 Å². The van der Waals surface area contributed by atoms with Crippen molar-refractivity contribution in [1.29, 1.82) is 0 Å². The summed E-state index contributed by atoms with van der Waals surface area (Å²) in [6.07, 6.45) is 7.44. The summed E-state index contributed by atoms with van der Waals surface area (Å²) in [6.45, 7) is 3.17. The molecule has 0 radical (unpaired) electrons. The molecular formula is C20H22N6O2. The molecule has 1 aliphatic rings. The van der Waals surface area contributed by atoms with Crippen molar-refractivity contribution in [2.45, 2.75) is 25.5 Å². The smallest absolute Gasteiger partial charge is 0.252 e. The molecule has 1 amide bonds. The van der Waals surface area contributed by atoms with Crippen molar-refractivity contribution in [3.05, 3.63) is 54.4 Å². The zero-order valence-electron chi connectivity index (χ0n) is 15.9. The number of carbonyl (C=O) groups is 1. The standard InChI is InChI=1S/C20H22N6O2/c1-13-5-19(25-12-24-13)26-11-17(28-2)7-16(26)9-23-20(27)15-6-14-3-4-21-10-18(14)22-8-15/h3-6,8,10,12,16-17H,7,9,11H2,1-2H3,(H,23,27)/t16-,17-/m0/s1. The number of ether oxygens (including phenoxy) is 1. The molecule has 0 bridgehead atoms. The van der Waals surface area contributed by atoms with E-state index in [1.807, 2.05) is 25.1 Å². The summed E-state index contributed by atoms with van der Waals surface area (Å²) < 4.78 is 5.55. The number of hydrogen-bond donors (Lipinski definition) is 1. The van der Waals surface area contributed by atoms with Crippen molar-refractivity contribution >= 4 is 22.6 Å². The monoisotopic (exact) mass is 378 g/mol. The van der Waals surface area contributed by atoms with E-state index in [1.54, 1.807) is 32.0 Å². The third-order valence-corrected chi connectivity index (χ3v) is 5.04. The lowest BCUT2D eigenvalue weighted by molar-refractivity contribution is 0.0946. The van der Waals surface area contributed by atoms with Gasteiger partial charge in [0.15, 0.2) is 0 Å². The molecule has 1 saturated heterocycles.